The van der Waals surface area contributed by atoms with Crippen LogP contribution >= 0.6 is 22.9 Å². The van der Waals surface area contributed by atoms with Crippen LogP contribution in [0.25, 0.3) is 0 Å². The number of nitrogens with two attached hydrogens (primary N) is 1. The predicted octanol–water partition coefficient (Wildman–Crippen LogP) is 2.82. The number of nitrogens with one attached hydrogen (secondary N) is 1. The Labute approximate surface area is 114 Å². The van der Waals surface area contributed by atoms with E-state index in [1.54, 1.807) is 29.5 Å². The van der Waals surface area contributed by atoms with Gasteiger partial charge >= 0.3 is 0 Å². The SMILES string of the molecule is Cc1ncsc1CNc1ccc(C(N)=O)c(Cl)c1. The molecule has 1 aromatic carbocycles. The van der Waals surface area contributed by atoms with Gasteiger partial charge in [0, 0.05) is 10.6 Å². The molecule has 1 aromatic heterocycles. The Kier molecular flexibility index (Phi) is 3.84. The van der Waals surface area contributed by atoms with Gasteiger partial charge in [-0.1, -0.05) is 11.6 Å². The Balaban J connectivity index is 2.09. The molecular weight excluding hydrogens is 270 g/mol. The number of hydrogen-bond donors (Lipinski definition) is 2. The quantitative estimate of drug-likeness (QED) is 0.905. The van der Waals surface area contributed by atoms with E-state index in [1.807, 2.05) is 12.4 Å². The summed E-state index contributed by atoms with van der Waals surface area (Å²) in [5.41, 5.74) is 9.20. The minimum atomic E-state index is -0.523. The van der Waals surface area contributed by atoms with Crippen LogP contribution in [0.5, 0.6) is 0 Å². The van der Waals surface area contributed by atoms with Crippen LogP contribution < -0.4 is 11.1 Å². The van der Waals surface area contributed by atoms with Crippen LogP contribution in [0.3, 0.4) is 0 Å². The number of carbonyl (C=O) groups excluding carboxylic acids is 1. The highest BCUT2D eigenvalue weighted by Crippen LogP contribution is 2.22. The molecule has 18 heavy (non-hydrogen) atoms. The average molecular weight is 282 g/mol. The molecule has 0 atom stereocenters. The van der Waals surface area contributed by atoms with Gasteiger partial charge in [0.25, 0.3) is 0 Å². The van der Waals surface area contributed by atoms with Crippen molar-refractivity contribution in [1.82, 2.24) is 4.98 Å². The zero-order chi connectivity index (χ0) is 13.1. The summed E-state index contributed by atoms with van der Waals surface area (Å²) in [6.07, 6.45) is 0. The lowest BCUT2D eigenvalue weighted by Crippen LogP contribution is -2.11. The van der Waals surface area contributed by atoms with Gasteiger partial charge in [0.1, 0.15) is 0 Å². The maximum atomic E-state index is 11.0. The number of rotatable bonds is 4. The molecule has 0 aliphatic rings. The predicted molar refractivity (Wildman–Crippen MR) is 74.1 cm³/mol. The Morgan fingerprint density at radius 1 is 1.56 bits per heavy atom. The van der Waals surface area contributed by atoms with E-state index in [0.29, 0.717) is 17.1 Å². The van der Waals surface area contributed by atoms with Crippen molar-refractivity contribution in [1.29, 1.82) is 0 Å². The van der Waals surface area contributed by atoms with Gasteiger partial charge in [-0.2, -0.15) is 0 Å². The Hall–Kier alpha value is -1.59. The smallest absolute Gasteiger partial charge is 0.250 e. The number of halogens is 1. The van der Waals surface area contributed by atoms with Gasteiger partial charge in [-0.25, -0.2) is 4.98 Å². The van der Waals surface area contributed by atoms with Crippen molar-refractivity contribution in [2.45, 2.75) is 13.5 Å². The summed E-state index contributed by atoms with van der Waals surface area (Å²) in [6.45, 7) is 2.65. The minimum absolute atomic E-state index is 0.330. The molecule has 0 saturated heterocycles. The second kappa shape index (κ2) is 5.37. The maximum Gasteiger partial charge on any atom is 0.250 e. The number of thiazole rings is 1. The summed E-state index contributed by atoms with van der Waals surface area (Å²) in [4.78, 5) is 16.4. The number of aromatic nitrogens is 1. The summed E-state index contributed by atoms with van der Waals surface area (Å²) >= 11 is 7.57. The fourth-order valence-electron chi connectivity index (χ4n) is 1.50. The second-order valence-corrected chi connectivity index (χ2v) is 5.12. The molecule has 4 nitrogen and oxygen atoms in total. The lowest BCUT2D eigenvalue weighted by molar-refractivity contribution is 0.100. The lowest BCUT2D eigenvalue weighted by atomic mass is 10.2. The normalized spacial score (nSPS) is 10.3. The topological polar surface area (TPSA) is 68.0 Å². The largest absolute Gasteiger partial charge is 0.380 e. The third kappa shape index (κ3) is 2.80. The van der Waals surface area contributed by atoms with Crippen molar-refractivity contribution >= 4 is 34.5 Å². The number of amides is 1. The number of carbonyl (C=O) groups is 1. The molecule has 1 amide bonds. The summed E-state index contributed by atoms with van der Waals surface area (Å²) in [6, 6.07) is 5.09. The van der Waals surface area contributed by atoms with Crippen molar-refractivity contribution in [3.8, 4) is 0 Å². The maximum absolute atomic E-state index is 11.0. The monoisotopic (exact) mass is 281 g/mol. The van der Waals surface area contributed by atoms with E-state index in [9.17, 15) is 4.79 Å². The number of anilines is 1. The molecule has 94 valence electrons. The molecule has 3 N–H and O–H groups in total. The lowest BCUT2D eigenvalue weighted by Gasteiger charge is -2.07. The molecule has 0 unspecified atom stereocenters. The van der Waals surface area contributed by atoms with Gasteiger partial charge in [-0.05, 0) is 25.1 Å². The first-order valence-electron chi connectivity index (χ1n) is 5.30. The van der Waals surface area contributed by atoms with E-state index < -0.39 is 5.91 Å². The van der Waals surface area contributed by atoms with E-state index in [0.717, 1.165) is 11.4 Å². The number of aryl methyl sites for hydroxylation is 1. The molecule has 0 bridgehead atoms. The van der Waals surface area contributed by atoms with Crippen LogP contribution in [0.1, 0.15) is 20.9 Å². The highest BCUT2D eigenvalue weighted by molar-refractivity contribution is 7.09. The zero-order valence-electron chi connectivity index (χ0n) is 9.74. The van der Waals surface area contributed by atoms with Crippen LogP contribution in [0, 0.1) is 6.92 Å². The van der Waals surface area contributed by atoms with Crippen LogP contribution in [0.2, 0.25) is 5.02 Å². The number of benzene rings is 1. The molecule has 0 spiro atoms. The van der Waals surface area contributed by atoms with E-state index in [4.69, 9.17) is 17.3 Å². The molecule has 0 saturated carbocycles. The molecule has 0 radical (unpaired) electrons. The molecular formula is C12H12ClN3OS. The van der Waals surface area contributed by atoms with Crippen LogP contribution in [-0.2, 0) is 6.54 Å². The second-order valence-electron chi connectivity index (χ2n) is 3.77. The third-order valence-corrected chi connectivity index (χ3v) is 3.78. The van der Waals surface area contributed by atoms with Crippen molar-refractivity contribution in [2.75, 3.05) is 5.32 Å². The van der Waals surface area contributed by atoms with Gasteiger partial charge in [-0.15, -0.1) is 11.3 Å². The summed E-state index contributed by atoms with van der Waals surface area (Å²) in [7, 11) is 0. The van der Waals surface area contributed by atoms with Gasteiger partial charge in [-0.3, -0.25) is 4.79 Å². The van der Waals surface area contributed by atoms with E-state index >= 15 is 0 Å². The van der Waals surface area contributed by atoms with E-state index in [-0.39, 0.29) is 0 Å². The number of nitrogens with zero attached hydrogens (tertiary/aromatic N) is 1. The minimum Gasteiger partial charge on any atom is -0.380 e. The van der Waals surface area contributed by atoms with Crippen molar-refractivity contribution in [3.05, 3.63) is 44.9 Å². The summed E-state index contributed by atoms with van der Waals surface area (Å²) in [5.74, 6) is -0.523. The van der Waals surface area contributed by atoms with Gasteiger partial charge < -0.3 is 11.1 Å². The van der Waals surface area contributed by atoms with Crippen molar-refractivity contribution in [3.63, 3.8) is 0 Å². The fraction of sp³-hybridized carbons (Fsp3) is 0.167. The van der Waals surface area contributed by atoms with Gasteiger partial charge in [0.2, 0.25) is 5.91 Å². The first-order chi connectivity index (χ1) is 8.58. The number of hydrogen-bond acceptors (Lipinski definition) is 4. The zero-order valence-corrected chi connectivity index (χ0v) is 11.3. The summed E-state index contributed by atoms with van der Waals surface area (Å²) in [5, 5.41) is 3.58. The molecule has 2 aromatic rings. The Morgan fingerprint density at radius 2 is 2.33 bits per heavy atom. The van der Waals surface area contributed by atoms with Gasteiger partial charge in [0.05, 0.1) is 28.3 Å². The van der Waals surface area contributed by atoms with Crippen LogP contribution in [-0.4, -0.2) is 10.9 Å². The third-order valence-electron chi connectivity index (χ3n) is 2.53. The van der Waals surface area contributed by atoms with Gasteiger partial charge in [0.15, 0.2) is 0 Å². The molecule has 0 aliphatic heterocycles. The first kappa shape index (κ1) is 12.9. The average Bonchev–Trinajstić information content (AvgIpc) is 2.72. The Morgan fingerprint density at radius 3 is 2.89 bits per heavy atom. The van der Waals surface area contributed by atoms with E-state index in [2.05, 4.69) is 10.3 Å². The van der Waals surface area contributed by atoms with E-state index in [1.165, 1.54) is 4.88 Å². The highest BCUT2D eigenvalue weighted by atomic mass is 35.5. The Bertz CT molecular complexity index is 582. The highest BCUT2D eigenvalue weighted by Gasteiger charge is 2.07. The molecule has 0 aliphatic carbocycles. The molecule has 0 fully saturated rings. The summed E-state index contributed by atoms with van der Waals surface area (Å²) < 4.78 is 0. The van der Waals surface area contributed by atoms with Crippen LogP contribution in [0.4, 0.5) is 5.69 Å². The van der Waals surface area contributed by atoms with Crippen molar-refractivity contribution in [2.24, 2.45) is 5.73 Å². The van der Waals surface area contributed by atoms with Crippen LogP contribution in [0.15, 0.2) is 23.7 Å². The van der Waals surface area contributed by atoms with Crippen molar-refractivity contribution < 1.29 is 4.79 Å². The first-order valence-corrected chi connectivity index (χ1v) is 6.56. The molecule has 6 heteroatoms. The molecule has 1 heterocycles. The standard InChI is InChI=1S/C12H12ClN3OS/c1-7-11(18-6-16-7)5-15-8-2-3-9(12(14)17)10(13)4-8/h2-4,6,15H,5H2,1H3,(H2,14,17). The fourth-order valence-corrected chi connectivity index (χ4v) is 2.49. The number of primary amides is 1. The molecule has 2 rings (SSSR count).